The van der Waals surface area contributed by atoms with Crippen molar-refractivity contribution in [1.82, 2.24) is 10.2 Å². The number of carbonyl (C=O) groups is 2. The molecule has 2 atom stereocenters. The Morgan fingerprint density at radius 2 is 2.10 bits per heavy atom. The highest BCUT2D eigenvalue weighted by atomic mass is 16.5. The first kappa shape index (κ1) is 17.7. The third-order valence-electron chi connectivity index (χ3n) is 3.32. The van der Waals surface area contributed by atoms with Gasteiger partial charge < -0.3 is 29.5 Å². The minimum Gasteiger partial charge on any atom is -0.481 e. The SMILES string of the molecule is CCN(C(=O)NCCOCCOC)C1COCC1C(=O)O. The van der Waals surface area contributed by atoms with Gasteiger partial charge in [0.25, 0.3) is 0 Å². The van der Waals surface area contributed by atoms with E-state index in [1.54, 1.807) is 7.11 Å². The maximum atomic E-state index is 12.1. The molecule has 1 saturated heterocycles. The van der Waals surface area contributed by atoms with E-state index in [9.17, 15) is 9.59 Å². The largest absolute Gasteiger partial charge is 0.481 e. The molecule has 2 amide bonds. The molecule has 1 aliphatic heterocycles. The number of aliphatic carboxylic acids is 1. The number of carbonyl (C=O) groups excluding carboxylic acids is 1. The van der Waals surface area contributed by atoms with Crippen molar-refractivity contribution in [2.24, 2.45) is 5.92 Å². The molecule has 0 saturated carbocycles. The Balaban J connectivity index is 2.37. The van der Waals surface area contributed by atoms with E-state index in [-0.39, 0.29) is 19.2 Å². The number of methoxy groups -OCH3 is 1. The third-order valence-corrected chi connectivity index (χ3v) is 3.32. The van der Waals surface area contributed by atoms with Crippen molar-refractivity contribution >= 4 is 12.0 Å². The fraction of sp³-hybridized carbons (Fsp3) is 0.846. The summed E-state index contributed by atoms with van der Waals surface area (Å²) in [7, 11) is 1.59. The van der Waals surface area contributed by atoms with E-state index in [1.807, 2.05) is 6.92 Å². The number of rotatable bonds is 9. The number of nitrogens with zero attached hydrogens (tertiary/aromatic N) is 1. The lowest BCUT2D eigenvalue weighted by atomic mass is 10.0. The number of urea groups is 1. The van der Waals surface area contributed by atoms with E-state index < -0.39 is 17.9 Å². The van der Waals surface area contributed by atoms with Crippen LogP contribution in [-0.4, -0.2) is 81.3 Å². The molecule has 0 aromatic carbocycles. The first-order valence-corrected chi connectivity index (χ1v) is 7.03. The van der Waals surface area contributed by atoms with Crippen molar-refractivity contribution < 1.29 is 28.9 Å². The smallest absolute Gasteiger partial charge is 0.317 e. The lowest BCUT2D eigenvalue weighted by molar-refractivity contribution is -0.142. The zero-order valence-electron chi connectivity index (χ0n) is 12.5. The van der Waals surface area contributed by atoms with Gasteiger partial charge >= 0.3 is 12.0 Å². The second-order valence-corrected chi connectivity index (χ2v) is 4.67. The second kappa shape index (κ2) is 9.54. The molecule has 1 rings (SSSR count). The Kier molecular flexibility index (Phi) is 8.03. The highest BCUT2D eigenvalue weighted by molar-refractivity contribution is 5.77. The van der Waals surface area contributed by atoms with E-state index in [1.165, 1.54) is 4.90 Å². The fourth-order valence-electron chi connectivity index (χ4n) is 2.19. The van der Waals surface area contributed by atoms with Crippen molar-refractivity contribution in [3.63, 3.8) is 0 Å². The standard InChI is InChI=1S/C13H24N2O6/c1-3-15(11-9-21-8-10(11)12(16)17)13(18)14-4-5-20-7-6-19-2/h10-11H,3-9H2,1-2H3,(H,14,18)(H,16,17). The van der Waals surface area contributed by atoms with Crippen LogP contribution < -0.4 is 5.32 Å². The van der Waals surface area contributed by atoms with Crippen molar-refractivity contribution in [2.45, 2.75) is 13.0 Å². The Morgan fingerprint density at radius 1 is 1.33 bits per heavy atom. The van der Waals surface area contributed by atoms with Crippen LogP contribution in [0.2, 0.25) is 0 Å². The summed E-state index contributed by atoms with van der Waals surface area (Å²) in [6.07, 6.45) is 0. The highest BCUT2D eigenvalue weighted by Gasteiger charge is 2.39. The lowest BCUT2D eigenvalue weighted by Gasteiger charge is -2.29. The minimum absolute atomic E-state index is 0.143. The molecule has 0 aliphatic carbocycles. The summed E-state index contributed by atoms with van der Waals surface area (Å²) >= 11 is 0. The van der Waals surface area contributed by atoms with Crippen LogP contribution >= 0.6 is 0 Å². The van der Waals surface area contributed by atoms with E-state index in [0.717, 1.165) is 0 Å². The van der Waals surface area contributed by atoms with E-state index in [4.69, 9.17) is 19.3 Å². The predicted octanol–water partition coefficient (Wildman–Crippen LogP) is -0.219. The Labute approximate surface area is 124 Å². The third kappa shape index (κ3) is 5.49. The average Bonchev–Trinajstić information content (AvgIpc) is 2.93. The predicted molar refractivity (Wildman–Crippen MR) is 74.2 cm³/mol. The van der Waals surface area contributed by atoms with Crippen molar-refractivity contribution in [2.75, 3.05) is 53.2 Å². The van der Waals surface area contributed by atoms with Gasteiger partial charge in [-0.2, -0.15) is 0 Å². The van der Waals surface area contributed by atoms with E-state index in [0.29, 0.717) is 32.9 Å². The van der Waals surface area contributed by atoms with Crippen molar-refractivity contribution in [3.05, 3.63) is 0 Å². The molecule has 0 bridgehead atoms. The summed E-state index contributed by atoms with van der Waals surface area (Å²) in [6, 6.07) is -0.725. The molecule has 0 aromatic heterocycles. The number of hydrogen-bond acceptors (Lipinski definition) is 5. The molecule has 0 spiro atoms. The summed E-state index contributed by atoms with van der Waals surface area (Å²) in [6.45, 7) is 4.36. The van der Waals surface area contributed by atoms with Gasteiger partial charge in [0.15, 0.2) is 0 Å². The maximum Gasteiger partial charge on any atom is 0.317 e. The molecule has 21 heavy (non-hydrogen) atoms. The van der Waals surface area contributed by atoms with Crippen LogP contribution in [-0.2, 0) is 19.0 Å². The molecular weight excluding hydrogens is 280 g/mol. The fourth-order valence-corrected chi connectivity index (χ4v) is 2.19. The van der Waals surface area contributed by atoms with Crippen LogP contribution in [0.15, 0.2) is 0 Å². The van der Waals surface area contributed by atoms with Gasteiger partial charge in [-0.15, -0.1) is 0 Å². The molecular formula is C13H24N2O6. The molecule has 1 fully saturated rings. The Morgan fingerprint density at radius 3 is 2.71 bits per heavy atom. The maximum absolute atomic E-state index is 12.1. The van der Waals surface area contributed by atoms with Crippen molar-refractivity contribution in [3.8, 4) is 0 Å². The normalized spacial score (nSPS) is 21.2. The summed E-state index contributed by atoms with van der Waals surface area (Å²) in [5, 5.41) is 11.9. The van der Waals surface area contributed by atoms with Gasteiger partial charge in [0.1, 0.15) is 5.92 Å². The number of hydrogen-bond donors (Lipinski definition) is 2. The van der Waals surface area contributed by atoms with Gasteiger partial charge in [-0.3, -0.25) is 4.79 Å². The van der Waals surface area contributed by atoms with E-state index in [2.05, 4.69) is 5.32 Å². The molecule has 1 heterocycles. The van der Waals surface area contributed by atoms with Gasteiger partial charge in [0, 0.05) is 20.2 Å². The van der Waals surface area contributed by atoms with Crippen LogP contribution in [0, 0.1) is 5.92 Å². The number of carboxylic acids is 1. The van der Waals surface area contributed by atoms with Gasteiger partial charge in [-0.1, -0.05) is 0 Å². The molecule has 122 valence electrons. The van der Waals surface area contributed by atoms with Gasteiger partial charge in [-0.05, 0) is 6.92 Å². The molecule has 8 heteroatoms. The average molecular weight is 304 g/mol. The summed E-state index contributed by atoms with van der Waals surface area (Å²) < 4.78 is 15.3. The minimum atomic E-state index is -0.938. The lowest BCUT2D eigenvalue weighted by Crippen LogP contribution is -2.51. The monoisotopic (exact) mass is 304 g/mol. The summed E-state index contributed by atoms with van der Waals surface area (Å²) in [5.41, 5.74) is 0. The molecule has 1 aliphatic rings. The van der Waals surface area contributed by atoms with Gasteiger partial charge in [-0.25, -0.2) is 4.79 Å². The number of nitrogens with one attached hydrogen (secondary N) is 1. The highest BCUT2D eigenvalue weighted by Crippen LogP contribution is 2.20. The molecule has 0 aromatic rings. The van der Waals surface area contributed by atoms with Crippen LogP contribution in [0.4, 0.5) is 4.79 Å². The van der Waals surface area contributed by atoms with Crippen LogP contribution in [0.25, 0.3) is 0 Å². The first-order chi connectivity index (χ1) is 10.1. The molecule has 2 unspecified atom stereocenters. The molecule has 2 N–H and O–H groups in total. The van der Waals surface area contributed by atoms with Crippen molar-refractivity contribution in [1.29, 1.82) is 0 Å². The summed E-state index contributed by atoms with van der Waals surface area (Å²) in [4.78, 5) is 24.8. The number of carboxylic acid groups (broad SMARTS) is 1. The number of ether oxygens (including phenoxy) is 3. The topological polar surface area (TPSA) is 97.3 Å². The van der Waals surface area contributed by atoms with E-state index >= 15 is 0 Å². The second-order valence-electron chi connectivity index (χ2n) is 4.67. The summed E-state index contributed by atoms with van der Waals surface area (Å²) in [5.74, 6) is -1.61. The van der Waals surface area contributed by atoms with Crippen LogP contribution in [0.1, 0.15) is 6.92 Å². The Hall–Kier alpha value is -1.38. The molecule has 8 nitrogen and oxygen atoms in total. The number of amides is 2. The van der Waals surface area contributed by atoms with Crippen LogP contribution in [0.5, 0.6) is 0 Å². The quantitative estimate of drug-likeness (QED) is 0.572. The zero-order valence-corrected chi connectivity index (χ0v) is 12.5. The van der Waals surface area contributed by atoms with Gasteiger partial charge in [0.05, 0.1) is 39.1 Å². The Bertz CT molecular complexity index is 339. The molecule has 0 radical (unpaired) electrons. The van der Waals surface area contributed by atoms with Gasteiger partial charge in [0.2, 0.25) is 0 Å². The number of likely N-dealkylation sites (N-methyl/N-ethyl adjacent to an activating group) is 1. The first-order valence-electron chi connectivity index (χ1n) is 7.03. The zero-order chi connectivity index (χ0) is 15.7. The van der Waals surface area contributed by atoms with Crippen LogP contribution in [0.3, 0.4) is 0 Å².